The molecule has 86 valence electrons. The molecule has 0 saturated carbocycles. The summed E-state index contributed by atoms with van der Waals surface area (Å²) in [6, 6.07) is 2.82. The Morgan fingerprint density at radius 3 is 3.12 bits per heavy atom. The molecule has 1 aliphatic heterocycles. The van der Waals surface area contributed by atoms with Crippen molar-refractivity contribution in [1.29, 1.82) is 0 Å². The van der Waals surface area contributed by atoms with Gasteiger partial charge in [-0.05, 0) is 31.5 Å². The minimum absolute atomic E-state index is 0.0105. The molecule has 0 bridgehead atoms. The molecular formula is C11H14FN3O. The Bertz CT molecular complexity index is 360. The van der Waals surface area contributed by atoms with Gasteiger partial charge in [0.15, 0.2) is 0 Å². The number of carbonyl (C=O) groups excluding carboxylic acids is 1. The van der Waals surface area contributed by atoms with E-state index < -0.39 is 0 Å². The lowest BCUT2D eigenvalue weighted by atomic mass is 10.2. The standard InChI is InChI=1S/C11H14FN3O/c12-8-3-4-9(14-6-8)7-15-11(16)10-2-1-5-13-10/h3-4,6,10,13H,1-2,5,7H2,(H,15,16). The maximum absolute atomic E-state index is 12.6. The lowest BCUT2D eigenvalue weighted by molar-refractivity contribution is -0.122. The molecule has 0 spiro atoms. The molecule has 0 aliphatic carbocycles. The molecule has 1 saturated heterocycles. The highest BCUT2D eigenvalue weighted by molar-refractivity contribution is 5.81. The van der Waals surface area contributed by atoms with E-state index in [0.29, 0.717) is 12.2 Å². The number of carbonyl (C=O) groups is 1. The minimum atomic E-state index is -0.368. The molecular weight excluding hydrogens is 209 g/mol. The van der Waals surface area contributed by atoms with Crippen LogP contribution in [0.3, 0.4) is 0 Å². The number of pyridine rings is 1. The van der Waals surface area contributed by atoms with Crippen molar-refractivity contribution >= 4 is 5.91 Å². The second-order valence-corrected chi connectivity index (χ2v) is 3.83. The van der Waals surface area contributed by atoms with Crippen molar-refractivity contribution in [2.24, 2.45) is 0 Å². The lowest BCUT2D eigenvalue weighted by Crippen LogP contribution is -2.40. The van der Waals surface area contributed by atoms with E-state index in [2.05, 4.69) is 15.6 Å². The van der Waals surface area contributed by atoms with Gasteiger partial charge < -0.3 is 10.6 Å². The first-order chi connectivity index (χ1) is 7.75. The first-order valence-electron chi connectivity index (χ1n) is 5.37. The van der Waals surface area contributed by atoms with E-state index in [0.717, 1.165) is 25.6 Å². The Kier molecular flexibility index (Phi) is 3.46. The van der Waals surface area contributed by atoms with Gasteiger partial charge in [-0.2, -0.15) is 0 Å². The van der Waals surface area contributed by atoms with Crippen LogP contribution in [0.15, 0.2) is 18.3 Å². The van der Waals surface area contributed by atoms with Crippen LogP contribution in [0.25, 0.3) is 0 Å². The summed E-state index contributed by atoms with van der Waals surface area (Å²) in [5.41, 5.74) is 0.660. The fourth-order valence-electron chi connectivity index (χ4n) is 1.72. The van der Waals surface area contributed by atoms with Crippen LogP contribution in [-0.2, 0) is 11.3 Å². The zero-order valence-corrected chi connectivity index (χ0v) is 8.87. The number of halogens is 1. The highest BCUT2D eigenvalue weighted by Gasteiger charge is 2.21. The summed E-state index contributed by atoms with van der Waals surface area (Å²) in [5, 5.41) is 5.88. The number of amides is 1. The quantitative estimate of drug-likeness (QED) is 0.788. The predicted octanol–water partition coefficient (Wildman–Crippen LogP) is 0.589. The van der Waals surface area contributed by atoms with Gasteiger partial charge in [-0.3, -0.25) is 9.78 Å². The van der Waals surface area contributed by atoms with Crippen LogP contribution in [0.2, 0.25) is 0 Å². The summed E-state index contributed by atoms with van der Waals surface area (Å²) < 4.78 is 12.6. The molecule has 1 fully saturated rings. The monoisotopic (exact) mass is 223 g/mol. The van der Waals surface area contributed by atoms with Crippen molar-refractivity contribution in [2.75, 3.05) is 6.54 Å². The van der Waals surface area contributed by atoms with Crippen molar-refractivity contribution in [3.8, 4) is 0 Å². The molecule has 0 aromatic carbocycles. The molecule has 1 atom stereocenters. The highest BCUT2D eigenvalue weighted by atomic mass is 19.1. The maximum atomic E-state index is 12.6. The highest BCUT2D eigenvalue weighted by Crippen LogP contribution is 2.05. The number of hydrogen-bond donors (Lipinski definition) is 2. The van der Waals surface area contributed by atoms with Crippen molar-refractivity contribution < 1.29 is 9.18 Å². The molecule has 1 unspecified atom stereocenters. The van der Waals surface area contributed by atoms with Crippen LogP contribution >= 0.6 is 0 Å². The van der Waals surface area contributed by atoms with Gasteiger partial charge in [0.1, 0.15) is 5.82 Å². The predicted molar refractivity (Wildman–Crippen MR) is 57.1 cm³/mol. The maximum Gasteiger partial charge on any atom is 0.237 e. The molecule has 2 rings (SSSR count). The Balaban J connectivity index is 1.82. The second kappa shape index (κ2) is 5.03. The number of nitrogens with zero attached hydrogens (tertiary/aromatic N) is 1. The normalized spacial score (nSPS) is 19.7. The zero-order chi connectivity index (χ0) is 11.4. The van der Waals surface area contributed by atoms with Gasteiger partial charge in [0.2, 0.25) is 5.91 Å². The van der Waals surface area contributed by atoms with Crippen molar-refractivity contribution in [3.63, 3.8) is 0 Å². The van der Waals surface area contributed by atoms with Gasteiger partial charge in [0.25, 0.3) is 0 Å². The van der Waals surface area contributed by atoms with Crippen LogP contribution in [0.5, 0.6) is 0 Å². The van der Waals surface area contributed by atoms with Gasteiger partial charge in [-0.25, -0.2) is 4.39 Å². The SMILES string of the molecule is O=C(NCc1ccc(F)cn1)C1CCCN1. The van der Waals surface area contributed by atoms with Crippen LogP contribution in [-0.4, -0.2) is 23.5 Å². The first-order valence-corrected chi connectivity index (χ1v) is 5.37. The molecule has 0 radical (unpaired) electrons. The summed E-state index contributed by atoms with van der Waals surface area (Å²) in [5.74, 6) is -0.379. The third-order valence-electron chi connectivity index (χ3n) is 2.61. The van der Waals surface area contributed by atoms with E-state index in [4.69, 9.17) is 0 Å². The minimum Gasteiger partial charge on any atom is -0.349 e. The van der Waals surface area contributed by atoms with E-state index in [1.165, 1.54) is 6.07 Å². The molecule has 5 heteroatoms. The molecule has 16 heavy (non-hydrogen) atoms. The van der Waals surface area contributed by atoms with Crippen LogP contribution in [0.4, 0.5) is 4.39 Å². The summed E-state index contributed by atoms with van der Waals surface area (Å²) in [6.07, 6.45) is 3.06. The fraction of sp³-hybridized carbons (Fsp3) is 0.455. The van der Waals surface area contributed by atoms with E-state index in [9.17, 15) is 9.18 Å². The Morgan fingerprint density at radius 2 is 2.50 bits per heavy atom. The summed E-state index contributed by atoms with van der Waals surface area (Å²) in [6.45, 7) is 1.24. The lowest BCUT2D eigenvalue weighted by Gasteiger charge is -2.10. The summed E-state index contributed by atoms with van der Waals surface area (Å²) in [4.78, 5) is 15.5. The van der Waals surface area contributed by atoms with Crippen LogP contribution < -0.4 is 10.6 Å². The van der Waals surface area contributed by atoms with E-state index in [1.54, 1.807) is 6.07 Å². The average Bonchev–Trinajstić information content (AvgIpc) is 2.81. The smallest absolute Gasteiger partial charge is 0.237 e. The summed E-state index contributed by atoms with van der Waals surface area (Å²) >= 11 is 0. The van der Waals surface area contributed by atoms with Gasteiger partial charge in [-0.15, -0.1) is 0 Å². The van der Waals surface area contributed by atoms with Gasteiger partial charge in [-0.1, -0.05) is 0 Å². The molecule has 1 aliphatic rings. The average molecular weight is 223 g/mol. The number of aromatic nitrogens is 1. The van der Waals surface area contributed by atoms with Gasteiger partial charge >= 0.3 is 0 Å². The van der Waals surface area contributed by atoms with Crippen LogP contribution in [0, 0.1) is 5.82 Å². The topological polar surface area (TPSA) is 54.0 Å². The summed E-state index contributed by atoms with van der Waals surface area (Å²) in [7, 11) is 0. The molecule has 1 aromatic heterocycles. The Morgan fingerprint density at radius 1 is 1.62 bits per heavy atom. The van der Waals surface area contributed by atoms with Crippen molar-refractivity contribution in [2.45, 2.75) is 25.4 Å². The van der Waals surface area contributed by atoms with Gasteiger partial charge in [0.05, 0.1) is 24.5 Å². The van der Waals surface area contributed by atoms with E-state index in [1.807, 2.05) is 0 Å². The first kappa shape index (κ1) is 11.0. The number of rotatable bonds is 3. The zero-order valence-electron chi connectivity index (χ0n) is 8.87. The molecule has 2 heterocycles. The second-order valence-electron chi connectivity index (χ2n) is 3.83. The fourth-order valence-corrected chi connectivity index (χ4v) is 1.72. The Labute approximate surface area is 93.3 Å². The van der Waals surface area contributed by atoms with Gasteiger partial charge in [0, 0.05) is 0 Å². The molecule has 1 amide bonds. The Hall–Kier alpha value is -1.49. The van der Waals surface area contributed by atoms with E-state index in [-0.39, 0.29) is 17.8 Å². The molecule has 1 aromatic rings. The molecule has 4 nitrogen and oxygen atoms in total. The third kappa shape index (κ3) is 2.76. The molecule has 2 N–H and O–H groups in total. The number of hydrogen-bond acceptors (Lipinski definition) is 3. The largest absolute Gasteiger partial charge is 0.349 e. The van der Waals surface area contributed by atoms with E-state index >= 15 is 0 Å². The van der Waals surface area contributed by atoms with Crippen molar-refractivity contribution in [1.82, 2.24) is 15.6 Å². The number of nitrogens with one attached hydrogen (secondary N) is 2. The van der Waals surface area contributed by atoms with Crippen LogP contribution in [0.1, 0.15) is 18.5 Å². The third-order valence-corrected chi connectivity index (χ3v) is 2.61. The van der Waals surface area contributed by atoms with Crippen molar-refractivity contribution in [3.05, 3.63) is 29.8 Å².